The lowest BCUT2D eigenvalue weighted by Crippen LogP contribution is -2.03. The van der Waals surface area contributed by atoms with E-state index in [-0.39, 0.29) is 0 Å². The van der Waals surface area contributed by atoms with Crippen molar-refractivity contribution in [2.24, 2.45) is 4.99 Å². The number of nitrogens with zero attached hydrogens (tertiary/aromatic N) is 2. The molecule has 1 aliphatic rings. The summed E-state index contributed by atoms with van der Waals surface area (Å²) < 4.78 is 16.3. The van der Waals surface area contributed by atoms with E-state index in [1.807, 2.05) is 42.5 Å². The molecule has 1 aliphatic heterocycles. The van der Waals surface area contributed by atoms with Gasteiger partial charge in [-0.1, -0.05) is 23.5 Å². The molecular weight excluding hydrogens is 336 g/mol. The van der Waals surface area contributed by atoms with E-state index >= 15 is 0 Å². The lowest BCUT2D eigenvalue weighted by molar-refractivity contribution is 0.303. The van der Waals surface area contributed by atoms with Crippen LogP contribution < -0.4 is 14.2 Å². The van der Waals surface area contributed by atoms with Gasteiger partial charge in [-0.15, -0.1) is 0 Å². The maximum atomic E-state index is 5.82. The van der Waals surface area contributed by atoms with Crippen molar-refractivity contribution in [3.63, 3.8) is 0 Å². The molecule has 3 aromatic rings. The number of ether oxygens (including phenoxy) is 3. The van der Waals surface area contributed by atoms with E-state index in [1.165, 1.54) is 0 Å². The van der Waals surface area contributed by atoms with E-state index in [0.717, 1.165) is 38.9 Å². The summed E-state index contributed by atoms with van der Waals surface area (Å²) in [5.74, 6) is 2.37. The van der Waals surface area contributed by atoms with Crippen molar-refractivity contribution < 1.29 is 14.2 Å². The highest BCUT2D eigenvalue weighted by Gasteiger charge is 2.22. The maximum absolute atomic E-state index is 5.82. The van der Waals surface area contributed by atoms with Crippen molar-refractivity contribution in [2.75, 3.05) is 14.2 Å². The van der Waals surface area contributed by atoms with Gasteiger partial charge in [0.25, 0.3) is 0 Å². The Hall–Kier alpha value is -2.86. The van der Waals surface area contributed by atoms with Crippen LogP contribution in [0.25, 0.3) is 11.3 Å². The van der Waals surface area contributed by atoms with Crippen LogP contribution in [0.3, 0.4) is 0 Å². The van der Waals surface area contributed by atoms with Gasteiger partial charge in [-0.25, -0.2) is 9.98 Å². The van der Waals surface area contributed by atoms with Gasteiger partial charge in [0.05, 0.1) is 24.8 Å². The number of aliphatic imine (C=N–C) groups is 1. The molecule has 126 valence electrons. The third kappa shape index (κ3) is 3.08. The van der Waals surface area contributed by atoms with Crippen LogP contribution in [-0.2, 0) is 6.61 Å². The first-order valence-corrected chi connectivity index (χ1v) is 8.57. The van der Waals surface area contributed by atoms with Crippen LogP contribution in [0.2, 0.25) is 0 Å². The standard InChI is InChI=1S/C19H16N2O3S/c1-22-13-5-3-4-12(8-13)10-20-19-21-18-15-7-6-14(23-2)9-16(15)24-11-17(18)25-19/h3-10H,11H2,1-2H3. The molecule has 2 aromatic carbocycles. The van der Waals surface area contributed by atoms with E-state index in [9.17, 15) is 0 Å². The summed E-state index contributed by atoms with van der Waals surface area (Å²) in [5.41, 5.74) is 2.88. The van der Waals surface area contributed by atoms with Crippen LogP contribution in [0.4, 0.5) is 5.13 Å². The second-order valence-corrected chi connectivity index (χ2v) is 6.52. The summed E-state index contributed by atoms with van der Waals surface area (Å²) in [6.07, 6.45) is 1.79. The zero-order chi connectivity index (χ0) is 17.2. The number of thiazole rings is 1. The van der Waals surface area contributed by atoms with E-state index < -0.39 is 0 Å². The monoisotopic (exact) mass is 352 g/mol. The fourth-order valence-electron chi connectivity index (χ4n) is 2.64. The number of methoxy groups -OCH3 is 2. The minimum atomic E-state index is 0.502. The Morgan fingerprint density at radius 2 is 1.96 bits per heavy atom. The molecule has 0 radical (unpaired) electrons. The van der Waals surface area contributed by atoms with Crippen molar-refractivity contribution in [1.82, 2.24) is 4.98 Å². The fourth-order valence-corrected chi connectivity index (χ4v) is 3.48. The SMILES string of the molecule is COc1cccc(C=Nc2nc3c(s2)COc2cc(OC)ccc2-3)c1. The Balaban J connectivity index is 1.64. The van der Waals surface area contributed by atoms with Gasteiger partial charge in [0.15, 0.2) is 0 Å². The highest BCUT2D eigenvalue weighted by atomic mass is 32.1. The first-order valence-electron chi connectivity index (χ1n) is 7.76. The lowest BCUT2D eigenvalue weighted by atomic mass is 10.1. The van der Waals surface area contributed by atoms with Gasteiger partial charge in [-0.05, 0) is 29.8 Å². The molecule has 4 rings (SSSR count). The molecular formula is C19H16N2O3S. The van der Waals surface area contributed by atoms with Gasteiger partial charge in [-0.3, -0.25) is 0 Å². The Kier molecular flexibility index (Phi) is 4.11. The summed E-state index contributed by atoms with van der Waals surface area (Å²) in [5, 5.41) is 0.708. The molecule has 25 heavy (non-hydrogen) atoms. The first-order chi connectivity index (χ1) is 12.3. The molecule has 0 saturated heterocycles. The average molecular weight is 352 g/mol. The van der Waals surface area contributed by atoms with Gasteiger partial charge >= 0.3 is 0 Å². The van der Waals surface area contributed by atoms with Crippen molar-refractivity contribution in [1.29, 1.82) is 0 Å². The predicted octanol–water partition coefficient (Wildman–Crippen LogP) is 4.47. The van der Waals surface area contributed by atoms with Crippen LogP contribution in [0.5, 0.6) is 17.2 Å². The normalized spacial score (nSPS) is 12.4. The molecule has 0 unspecified atom stereocenters. The summed E-state index contributed by atoms with van der Waals surface area (Å²) in [7, 11) is 3.29. The van der Waals surface area contributed by atoms with E-state index in [1.54, 1.807) is 31.8 Å². The molecule has 2 heterocycles. The quantitative estimate of drug-likeness (QED) is 0.650. The number of aromatic nitrogens is 1. The fraction of sp³-hybridized carbons (Fsp3) is 0.158. The van der Waals surface area contributed by atoms with Crippen molar-refractivity contribution in [3.8, 4) is 28.5 Å². The molecule has 0 amide bonds. The topological polar surface area (TPSA) is 52.9 Å². The van der Waals surface area contributed by atoms with Gasteiger partial charge < -0.3 is 14.2 Å². The van der Waals surface area contributed by atoms with Crippen LogP contribution >= 0.6 is 11.3 Å². The summed E-state index contributed by atoms with van der Waals surface area (Å²) >= 11 is 1.54. The lowest BCUT2D eigenvalue weighted by Gasteiger charge is -2.16. The Labute approximate surface area is 149 Å². The molecule has 0 spiro atoms. The van der Waals surface area contributed by atoms with E-state index in [0.29, 0.717) is 11.7 Å². The van der Waals surface area contributed by atoms with Gasteiger partial charge in [-0.2, -0.15) is 0 Å². The van der Waals surface area contributed by atoms with Gasteiger partial charge in [0.2, 0.25) is 5.13 Å². The highest BCUT2D eigenvalue weighted by Crippen LogP contribution is 2.42. The Bertz CT molecular complexity index is 950. The smallest absolute Gasteiger partial charge is 0.210 e. The number of hydrogen-bond donors (Lipinski definition) is 0. The number of fused-ring (bicyclic) bond motifs is 3. The summed E-state index contributed by atoms with van der Waals surface area (Å²) in [4.78, 5) is 10.3. The van der Waals surface area contributed by atoms with Crippen LogP contribution in [-0.4, -0.2) is 25.4 Å². The Morgan fingerprint density at radius 3 is 2.80 bits per heavy atom. The molecule has 0 N–H and O–H groups in total. The highest BCUT2D eigenvalue weighted by molar-refractivity contribution is 7.15. The number of benzene rings is 2. The maximum Gasteiger partial charge on any atom is 0.210 e. The summed E-state index contributed by atoms with van der Waals surface area (Å²) in [6.45, 7) is 0.502. The zero-order valence-electron chi connectivity index (χ0n) is 13.9. The Morgan fingerprint density at radius 1 is 1.12 bits per heavy atom. The largest absolute Gasteiger partial charge is 0.497 e. The molecule has 0 aliphatic carbocycles. The van der Waals surface area contributed by atoms with E-state index in [2.05, 4.69) is 9.98 Å². The second-order valence-electron chi connectivity index (χ2n) is 5.45. The van der Waals surface area contributed by atoms with Crippen molar-refractivity contribution in [3.05, 3.63) is 52.9 Å². The van der Waals surface area contributed by atoms with Crippen molar-refractivity contribution in [2.45, 2.75) is 6.61 Å². The van der Waals surface area contributed by atoms with Crippen LogP contribution in [0, 0.1) is 0 Å². The molecule has 0 atom stereocenters. The third-order valence-corrected chi connectivity index (χ3v) is 4.84. The molecule has 6 heteroatoms. The van der Waals surface area contributed by atoms with Gasteiger partial charge in [0.1, 0.15) is 23.9 Å². The molecule has 0 fully saturated rings. The van der Waals surface area contributed by atoms with E-state index in [4.69, 9.17) is 14.2 Å². The molecule has 0 saturated carbocycles. The average Bonchev–Trinajstić information content (AvgIpc) is 3.09. The minimum Gasteiger partial charge on any atom is -0.497 e. The minimum absolute atomic E-state index is 0.502. The van der Waals surface area contributed by atoms with Crippen LogP contribution in [0.1, 0.15) is 10.4 Å². The second kappa shape index (κ2) is 6.57. The zero-order valence-corrected chi connectivity index (χ0v) is 14.7. The molecule has 1 aromatic heterocycles. The van der Waals surface area contributed by atoms with Gasteiger partial charge in [0, 0.05) is 17.8 Å². The molecule has 5 nitrogen and oxygen atoms in total. The number of rotatable bonds is 4. The van der Waals surface area contributed by atoms with Crippen molar-refractivity contribution >= 4 is 22.7 Å². The van der Waals surface area contributed by atoms with Crippen LogP contribution in [0.15, 0.2) is 47.5 Å². The summed E-state index contributed by atoms with van der Waals surface area (Å²) in [6, 6.07) is 13.5. The first kappa shape index (κ1) is 15.7. The number of hydrogen-bond acceptors (Lipinski definition) is 6. The third-order valence-electron chi connectivity index (χ3n) is 3.91. The molecule has 0 bridgehead atoms. The predicted molar refractivity (Wildman–Crippen MR) is 98.7 cm³/mol.